The summed E-state index contributed by atoms with van der Waals surface area (Å²) in [5, 5.41) is 2.67. The van der Waals surface area contributed by atoms with Gasteiger partial charge in [0.15, 0.2) is 0 Å². The zero-order valence-electron chi connectivity index (χ0n) is 15.9. The second-order valence-corrected chi connectivity index (χ2v) is 9.34. The van der Waals surface area contributed by atoms with Crippen molar-refractivity contribution in [2.24, 2.45) is 0 Å². The lowest BCUT2D eigenvalue weighted by Gasteiger charge is -2.19. The van der Waals surface area contributed by atoms with E-state index in [9.17, 15) is 18.0 Å². The minimum atomic E-state index is -3.62. The lowest BCUT2D eigenvalue weighted by Crippen LogP contribution is -2.42. The summed E-state index contributed by atoms with van der Waals surface area (Å²) >= 11 is 1.56. The normalized spacial score (nSPS) is 16.1. The molecule has 0 aromatic heterocycles. The molecule has 1 heterocycles. The minimum Gasteiger partial charge on any atom is -0.467 e. The molecule has 9 heteroatoms. The number of hydrogen-bond acceptors (Lipinski definition) is 6. The van der Waals surface area contributed by atoms with Crippen LogP contribution in [0.15, 0.2) is 23.1 Å². The fraction of sp³-hybridized carbons (Fsp3) is 0.556. The molecule has 7 nitrogen and oxygen atoms in total. The van der Waals surface area contributed by atoms with E-state index in [-0.39, 0.29) is 10.5 Å². The Hall–Kier alpha value is -1.58. The van der Waals surface area contributed by atoms with E-state index in [0.29, 0.717) is 30.8 Å². The molecule has 0 bridgehead atoms. The highest BCUT2D eigenvalue weighted by Gasteiger charge is 2.29. The van der Waals surface area contributed by atoms with E-state index in [4.69, 9.17) is 4.74 Å². The molecule has 0 aliphatic carbocycles. The van der Waals surface area contributed by atoms with Crippen molar-refractivity contribution in [2.45, 2.75) is 37.1 Å². The first-order valence-corrected chi connectivity index (χ1v) is 11.6. The molecule has 1 N–H and O–H groups in total. The molecule has 1 fully saturated rings. The van der Waals surface area contributed by atoms with Crippen molar-refractivity contribution >= 4 is 33.7 Å². The van der Waals surface area contributed by atoms with Gasteiger partial charge in [0, 0.05) is 18.7 Å². The van der Waals surface area contributed by atoms with E-state index < -0.39 is 27.9 Å². The van der Waals surface area contributed by atoms with Crippen LogP contribution in [-0.4, -0.2) is 62.8 Å². The second-order valence-electron chi connectivity index (χ2n) is 6.42. The van der Waals surface area contributed by atoms with E-state index in [1.165, 1.54) is 23.5 Å². The SMILES string of the molecule is COC(=O)[C@@H](CCSC)NC(=O)c1cc(S(=O)(=O)N2CCCC2)ccc1C. The van der Waals surface area contributed by atoms with E-state index in [1.807, 2.05) is 6.26 Å². The van der Waals surface area contributed by atoms with Gasteiger partial charge in [-0.2, -0.15) is 16.1 Å². The first-order valence-electron chi connectivity index (χ1n) is 8.79. The number of nitrogens with zero attached hydrogens (tertiary/aromatic N) is 1. The number of hydrogen-bond donors (Lipinski definition) is 1. The third kappa shape index (κ3) is 5.24. The van der Waals surface area contributed by atoms with Gasteiger partial charge in [-0.3, -0.25) is 4.79 Å². The Kier molecular flexibility index (Phi) is 7.69. The van der Waals surface area contributed by atoms with Crippen molar-refractivity contribution in [3.05, 3.63) is 29.3 Å². The third-order valence-electron chi connectivity index (χ3n) is 4.56. The number of thioether (sulfide) groups is 1. The maximum Gasteiger partial charge on any atom is 0.328 e. The Balaban J connectivity index is 2.26. The maximum atomic E-state index is 12.8. The van der Waals surface area contributed by atoms with Crippen molar-refractivity contribution in [1.29, 1.82) is 0 Å². The topological polar surface area (TPSA) is 92.8 Å². The Morgan fingerprint density at radius 3 is 2.56 bits per heavy atom. The number of carbonyl (C=O) groups excluding carboxylic acids is 2. The standard InChI is InChI=1S/C18H26N2O5S2/c1-13-6-7-14(27(23,24)20-9-4-5-10-20)12-15(13)17(21)19-16(8-11-26-3)18(22)25-2/h6-7,12,16H,4-5,8-11H2,1-3H3,(H,19,21)/t16-/m1/s1. The first-order chi connectivity index (χ1) is 12.8. The summed E-state index contributed by atoms with van der Waals surface area (Å²) in [6.45, 7) is 2.73. The number of carbonyl (C=O) groups is 2. The van der Waals surface area contributed by atoms with Crippen molar-refractivity contribution in [3.8, 4) is 0 Å². The van der Waals surface area contributed by atoms with Crippen LogP contribution >= 0.6 is 11.8 Å². The fourth-order valence-electron chi connectivity index (χ4n) is 2.95. The van der Waals surface area contributed by atoms with Gasteiger partial charge in [0.2, 0.25) is 10.0 Å². The van der Waals surface area contributed by atoms with Gasteiger partial charge < -0.3 is 10.1 Å². The van der Waals surface area contributed by atoms with Gasteiger partial charge in [-0.1, -0.05) is 6.07 Å². The molecule has 1 saturated heterocycles. The molecule has 1 aliphatic heterocycles. The highest BCUT2D eigenvalue weighted by molar-refractivity contribution is 7.98. The summed E-state index contributed by atoms with van der Waals surface area (Å²) in [5.74, 6) is -0.319. The number of esters is 1. The van der Waals surface area contributed by atoms with Crippen LogP contribution in [0, 0.1) is 6.92 Å². The monoisotopic (exact) mass is 414 g/mol. The summed E-state index contributed by atoms with van der Waals surface area (Å²) in [6.07, 6.45) is 4.03. The Morgan fingerprint density at radius 1 is 1.30 bits per heavy atom. The summed E-state index contributed by atoms with van der Waals surface area (Å²) in [7, 11) is -2.34. The Bertz CT molecular complexity index is 789. The molecule has 1 aromatic carbocycles. The molecule has 1 amide bonds. The molecule has 0 unspecified atom stereocenters. The molecular formula is C18H26N2O5S2. The number of methoxy groups -OCH3 is 1. The molecule has 1 aliphatic rings. The molecule has 2 rings (SSSR count). The van der Waals surface area contributed by atoms with Crippen LogP contribution in [0.5, 0.6) is 0 Å². The Morgan fingerprint density at radius 2 is 1.96 bits per heavy atom. The highest BCUT2D eigenvalue weighted by Crippen LogP contribution is 2.23. The van der Waals surface area contributed by atoms with Gasteiger partial charge in [0.05, 0.1) is 12.0 Å². The summed E-state index contributed by atoms with van der Waals surface area (Å²) in [6, 6.07) is 3.76. The van der Waals surface area contributed by atoms with Crippen LogP contribution in [-0.2, 0) is 19.6 Å². The molecule has 0 spiro atoms. The molecule has 1 atom stereocenters. The number of aryl methyl sites for hydroxylation is 1. The largest absolute Gasteiger partial charge is 0.467 e. The quantitative estimate of drug-likeness (QED) is 0.652. The average molecular weight is 415 g/mol. The van der Waals surface area contributed by atoms with E-state index >= 15 is 0 Å². The van der Waals surface area contributed by atoms with Crippen molar-refractivity contribution < 1.29 is 22.7 Å². The van der Waals surface area contributed by atoms with Crippen LogP contribution < -0.4 is 5.32 Å². The van der Waals surface area contributed by atoms with Crippen molar-refractivity contribution in [3.63, 3.8) is 0 Å². The number of sulfonamides is 1. The number of rotatable bonds is 8. The van der Waals surface area contributed by atoms with Crippen molar-refractivity contribution in [2.75, 3.05) is 32.2 Å². The summed E-state index contributed by atoms with van der Waals surface area (Å²) < 4.78 is 31.7. The van der Waals surface area contributed by atoms with Crippen LogP contribution in [0.1, 0.15) is 35.2 Å². The van der Waals surface area contributed by atoms with E-state index in [1.54, 1.807) is 24.8 Å². The van der Waals surface area contributed by atoms with Crippen LogP contribution in [0.25, 0.3) is 0 Å². The van der Waals surface area contributed by atoms with Crippen LogP contribution in [0.3, 0.4) is 0 Å². The summed E-state index contributed by atoms with van der Waals surface area (Å²) in [5.41, 5.74) is 0.884. The van der Waals surface area contributed by atoms with Gasteiger partial charge in [0.25, 0.3) is 5.91 Å². The lowest BCUT2D eigenvalue weighted by atomic mass is 10.1. The molecule has 1 aromatic rings. The predicted octanol–water partition coefficient (Wildman–Crippen LogP) is 1.80. The Labute approximate surface area is 164 Å². The number of ether oxygens (including phenoxy) is 1. The maximum absolute atomic E-state index is 12.8. The number of amides is 1. The number of benzene rings is 1. The number of nitrogens with one attached hydrogen (secondary N) is 1. The molecule has 150 valence electrons. The zero-order chi connectivity index (χ0) is 20.0. The highest BCUT2D eigenvalue weighted by atomic mass is 32.2. The molecular weight excluding hydrogens is 388 g/mol. The van der Waals surface area contributed by atoms with Crippen LogP contribution in [0.2, 0.25) is 0 Å². The third-order valence-corrected chi connectivity index (χ3v) is 7.10. The van der Waals surface area contributed by atoms with Crippen LogP contribution in [0.4, 0.5) is 0 Å². The second kappa shape index (κ2) is 9.57. The first kappa shape index (κ1) is 21.7. The van der Waals surface area contributed by atoms with Gasteiger partial charge in [-0.05, 0) is 55.9 Å². The predicted molar refractivity (Wildman–Crippen MR) is 105 cm³/mol. The fourth-order valence-corrected chi connectivity index (χ4v) is 4.96. The minimum absolute atomic E-state index is 0.0962. The molecule has 0 radical (unpaired) electrons. The van der Waals surface area contributed by atoms with Gasteiger partial charge in [-0.25, -0.2) is 13.2 Å². The zero-order valence-corrected chi connectivity index (χ0v) is 17.5. The lowest BCUT2D eigenvalue weighted by molar-refractivity contribution is -0.142. The smallest absolute Gasteiger partial charge is 0.328 e. The molecule has 27 heavy (non-hydrogen) atoms. The van der Waals surface area contributed by atoms with E-state index in [2.05, 4.69) is 5.32 Å². The molecule has 0 saturated carbocycles. The van der Waals surface area contributed by atoms with Gasteiger partial charge in [0.1, 0.15) is 6.04 Å². The van der Waals surface area contributed by atoms with E-state index in [0.717, 1.165) is 12.8 Å². The average Bonchev–Trinajstić information content (AvgIpc) is 3.20. The van der Waals surface area contributed by atoms with Gasteiger partial charge >= 0.3 is 5.97 Å². The summed E-state index contributed by atoms with van der Waals surface area (Å²) in [4.78, 5) is 24.7. The van der Waals surface area contributed by atoms with Gasteiger partial charge in [-0.15, -0.1) is 0 Å². The van der Waals surface area contributed by atoms with Crippen molar-refractivity contribution in [1.82, 2.24) is 9.62 Å².